The Kier molecular flexibility index (Phi) is 9.14. The van der Waals surface area contributed by atoms with E-state index in [2.05, 4.69) is 22.1 Å². The number of nitrogens with one attached hydrogen (secondary N) is 1. The normalized spacial score (nSPS) is 15.6. The lowest BCUT2D eigenvalue weighted by atomic mass is 10.1. The van der Waals surface area contributed by atoms with Crippen molar-refractivity contribution in [3.05, 3.63) is 46.5 Å². The van der Waals surface area contributed by atoms with Crippen LogP contribution in [0.1, 0.15) is 71.7 Å². The molecular weight excluding hydrogens is 540 g/mol. The van der Waals surface area contributed by atoms with Gasteiger partial charge in [-0.05, 0) is 64.0 Å². The third-order valence-electron chi connectivity index (χ3n) is 7.36. The zero-order chi connectivity index (χ0) is 28.9. The van der Waals surface area contributed by atoms with E-state index in [0.29, 0.717) is 71.4 Å². The summed E-state index contributed by atoms with van der Waals surface area (Å²) in [5.41, 5.74) is 2.81. The molecule has 0 unspecified atom stereocenters. The molecule has 41 heavy (non-hydrogen) atoms. The average Bonchev–Trinajstić information content (AvgIpc) is 3.72. The molecule has 3 heterocycles. The number of ether oxygens (including phenoxy) is 1. The number of amides is 1. The van der Waals surface area contributed by atoms with E-state index in [1.807, 2.05) is 35.2 Å². The Labute approximate surface area is 244 Å². The fourth-order valence-electron chi connectivity index (χ4n) is 4.95. The van der Waals surface area contributed by atoms with Gasteiger partial charge in [-0.1, -0.05) is 30.4 Å². The number of piperidine rings is 1. The largest absolute Gasteiger partial charge is 0.462 e. The number of aliphatic hydroxyl groups excluding tert-OH is 1. The third-order valence-corrected chi connectivity index (χ3v) is 8.41. The number of aryl methyl sites for hydroxylation is 1. The summed E-state index contributed by atoms with van der Waals surface area (Å²) < 4.78 is 5.15. The molecule has 2 fully saturated rings. The van der Waals surface area contributed by atoms with Gasteiger partial charge in [0, 0.05) is 43.4 Å². The van der Waals surface area contributed by atoms with E-state index >= 15 is 0 Å². The SMILES string of the molecule is CCCN(CC1CC1)C(=O)c1ccc(-c2cc(N3CCC(O)CC3)nc(Nc3nc(C)c(C(=O)OCC)s3)n2)cc1. The van der Waals surface area contributed by atoms with Gasteiger partial charge in [0.2, 0.25) is 5.95 Å². The van der Waals surface area contributed by atoms with Gasteiger partial charge in [-0.3, -0.25) is 10.1 Å². The van der Waals surface area contributed by atoms with Crippen molar-refractivity contribution in [1.82, 2.24) is 19.9 Å². The van der Waals surface area contributed by atoms with Crippen LogP contribution in [0.4, 0.5) is 16.9 Å². The number of hydrogen-bond acceptors (Lipinski definition) is 10. The van der Waals surface area contributed by atoms with Crippen molar-refractivity contribution in [1.29, 1.82) is 0 Å². The number of esters is 1. The molecule has 1 amide bonds. The van der Waals surface area contributed by atoms with Crippen LogP contribution in [0, 0.1) is 12.8 Å². The highest BCUT2D eigenvalue weighted by molar-refractivity contribution is 7.17. The summed E-state index contributed by atoms with van der Waals surface area (Å²) >= 11 is 1.20. The zero-order valence-corrected chi connectivity index (χ0v) is 24.7. The second-order valence-corrected chi connectivity index (χ2v) is 11.7. The predicted molar refractivity (Wildman–Crippen MR) is 160 cm³/mol. The number of benzene rings is 1. The molecule has 0 radical (unpaired) electrons. The number of thiazole rings is 1. The Balaban J connectivity index is 1.42. The lowest BCUT2D eigenvalue weighted by molar-refractivity contribution is 0.0530. The maximum absolute atomic E-state index is 13.2. The number of aromatic nitrogens is 3. The van der Waals surface area contributed by atoms with E-state index in [4.69, 9.17) is 14.7 Å². The van der Waals surface area contributed by atoms with Crippen molar-refractivity contribution in [3.8, 4) is 11.3 Å². The molecular formula is C30H38N6O4S. The summed E-state index contributed by atoms with van der Waals surface area (Å²) in [5.74, 6) is 1.40. The zero-order valence-electron chi connectivity index (χ0n) is 23.9. The van der Waals surface area contributed by atoms with Crippen LogP contribution in [0.3, 0.4) is 0 Å². The average molecular weight is 579 g/mol. The fraction of sp³-hybridized carbons (Fsp3) is 0.500. The maximum atomic E-state index is 13.2. The molecule has 1 saturated carbocycles. The molecule has 0 bridgehead atoms. The molecule has 1 aliphatic heterocycles. The summed E-state index contributed by atoms with van der Waals surface area (Å²) in [6, 6.07) is 9.53. The molecule has 0 spiro atoms. The molecule has 1 saturated heterocycles. The monoisotopic (exact) mass is 578 g/mol. The minimum Gasteiger partial charge on any atom is -0.462 e. The van der Waals surface area contributed by atoms with E-state index in [0.717, 1.165) is 30.9 Å². The molecule has 2 N–H and O–H groups in total. The van der Waals surface area contributed by atoms with Crippen molar-refractivity contribution >= 4 is 40.1 Å². The number of anilines is 3. The van der Waals surface area contributed by atoms with Gasteiger partial charge in [-0.25, -0.2) is 14.8 Å². The third kappa shape index (κ3) is 7.20. The molecule has 11 heteroatoms. The number of rotatable bonds is 11. The van der Waals surface area contributed by atoms with Crippen molar-refractivity contribution in [2.45, 2.75) is 59.0 Å². The highest BCUT2D eigenvalue weighted by atomic mass is 32.1. The Morgan fingerprint density at radius 3 is 2.49 bits per heavy atom. The van der Waals surface area contributed by atoms with Gasteiger partial charge in [0.25, 0.3) is 5.91 Å². The van der Waals surface area contributed by atoms with Crippen molar-refractivity contribution in [3.63, 3.8) is 0 Å². The number of hydrogen-bond donors (Lipinski definition) is 2. The molecule has 1 aromatic carbocycles. The minimum absolute atomic E-state index is 0.0689. The molecule has 3 aromatic rings. The van der Waals surface area contributed by atoms with Crippen LogP contribution in [-0.2, 0) is 4.74 Å². The second-order valence-electron chi connectivity index (χ2n) is 10.7. The van der Waals surface area contributed by atoms with Crippen LogP contribution >= 0.6 is 11.3 Å². The van der Waals surface area contributed by atoms with Gasteiger partial charge in [-0.15, -0.1) is 0 Å². The highest BCUT2D eigenvalue weighted by Crippen LogP contribution is 2.31. The summed E-state index contributed by atoms with van der Waals surface area (Å²) in [4.78, 5) is 44.1. The first-order valence-corrected chi connectivity index (χ1v) is 15.3. The van der Waals surface area contributed by atoms with E-state index in [1.165, 1.54) is 24.2 Å². The molecule has 2 aromatic heterocycles. The lowest BCUT2D eigenvalue weighted by Crippen LogP contribution is -2.36. The Bertz CT molecular complexity index is 1370. The first kappa shape index (κ1) is 28.9. The summed E-state index contributed by atoms with van der Waals surface area (Å²) in [6.07, 6.45) is 4.38. The van der Waals surface area contributed by atoms with Crippen LogP contribution in [-0.4, -0.2) is 75.7 Å². The van der Waals surface area contributed by atoms with E-state index < -0.39 is 5.97 Å². The Morgan fingerprint density at radius 1 is 1.10 bits per heavy atom. The van der Waals surface area contributed by atoms with Crippen LogP contribution in [0.15, 0.2) is 30.3 Å². The molecule has 2 aliphatic rings. The van der Waals surface area contributed by atoms with E-state index in [9.17, 15) is 14.7 Å². The van der Waals surface area contributed by atoms with Crippen LogP contribution in [0.2, 0.25) is 0 Å². The molecule has 0 atom stereocenters. The van der Waals surface area contributed by atoms with Crippen molar-refractivity contribution < 1.29 is 19.4 Å². The quantitative estimate of drug-likeness (QED) is 0.301. The number of carbonyl (C=O) groups excluding carboxylic acids is 2. The standard InChI is InChI=1S/C30H38N6O4S/c1-4-14-36(18-20-6-7-20)27(38)22-10-8-21(9-11-22)24-17-25(35-15-12-23(37)13-16-35)33-29(32-24)34-30-31-19(3)26(41-30)28(39)40-5-2/h8-11,17,20,23,37H,4-7,12-16,18H2,1-3H3,(H,31,32,33,34). The second kappa shape index (κ2) is 12.9. The van der Waals surface area contributed by atoms with Gasteiger partial charge in [0.15, 0.2) is 5.13 Å². The first-order valence-electron chi connectivity index (χ1n) is 14.5. The van der Waals surface area contributed by atoms with E-state index in [1.54, 1.807) is 13.8 Å². The summed E-state index contributed by atoms with van der Waals surface area (Å²) in [7, 11) is 0. The summed E-state index contributed by atoms with van der Waals surface area (Å²) in [5, 5.41) is 13.7. The lowest BCUT2D eigenvalue weighted by Gasteiger charge is -2.30. The van der Waals surface area contributed by atoms with Crippen molar-refractivity contribution in [2.24, 2.45) is 5.92 Å². The van der Waals surface area contributed by atoms with Crippen LogP contribution < -0.4 is 10.2 Å². The van der Waals surface area contributed by atoms with Gasteiger partial charge in [0.05, 0.1) is 24.1 Å². The highest BCUT2D eigenvalue weighted by Gasteiger charge is 2.27. The number of carbonyl (C=O) groups is 2. The van der Waals surface area contributed by atoms with Gasteiger partial charge in [-0.2, -0.15) is 4.98 Å². The molecule has 10 nitrogen and oxygen atoms in total. The van der Waals surface area contributed by atoms with Crippen LogP contribution in [0.5, 0.6) is 0 Å². The maximum Gasteiger partial charge on any atom is 0.350 e. The van der Waals surface area contributed by atoms with Gasteiger partial charge >= 0.3 is 5.97 Å². The topological polar surface area (TPSA) is 121 Å². The molecule has 5 rings (SSSR count). The smallest absolute Gasteiger partial charge is 0.350 e. The predicted octanol–water partition coefficient (Wildman–Crippen LogP) is 5.05. The van der Waals surface area contributed by atoms with Gasteiger partial charge in [0.1, 0.15) is 10.7 Å². The Hall–Kier alpha value is -3.57. The summed E-state index contributed by atoms with van der Waals surface area (Å²) in [6.45, 7) is 8.89. The van der Waals surface area contributed by atoms with Crippen molar-refractivity contribution in [2.75, 3.05) is 43.0 Å². The van der Waals surface area contributed by atoms with Gasteiger partial charge < -0.3 is 19.6 Å². The minimum atomic E-state index is -0.401. The Morgan fingerprint density at radius 2 is 1.83 bits per heavy atom. The van der Waals surface area contributed by atoms with Crippen LogP contribution in [0.25, 0.3) is 11.3 Å². The number of aliphatic hydroxyl groups is 1. The first-order chi connectivity index (χ1) is 19.8. The fourth-order valence-corrected chi connectivity index (χ4v) is 5.80. The van der Waals surface area contributed by atoms with E-state index in [-0.39, 0.29) is 12.0 Å². The molecule has 218 valence electrons. The molecule has 1 aliphatic carbocycles. The number of nitrogens with zero attached hydrogens (tertiary/aromatic N) is 5.